The van der Waals surface area contributed by atoms with Gasteiger partial charge in [-0.1, -0.05) is 0 Å². The predicted octanol–water partition coefficient (Wildman–Crippen LogP) is 2.03. The van der Waals surface area contributed by atoms with Gasteiger partial charge in [0.15, 0.2) is 0 Å². The Bertz CT molecular complexity index is 432. The topological polar surface area (TPSA) is 66.0 Å². The molecular formula is C12H17BrN4O. The van der Waals surface area contributed by atoms with Crippen LogP contribution in [0, 0.1) is 6.92 Å². The lowest BCUT2D eigenvalue weighted by Gasteiger charge is -2.24. The van der Waals surface area contributed by atoms with Gasteiger partial charge in [-0.05, 0) is 48.3 Å². The minimum absolute atomic E-state index is 0.174. The summed E-state index contributed by atoms with van der Waals surface area (Å²) < 4.78 is 0.850. The van der Waals surface area contributed by atoms with Crippen LogP contribution >= 0.6 is 15.9 Å². The highest BCUT2D eigenvalue weighted by atomic mass is 79.9. The number of nitrogens with one attached hydrogen (secondary N) is 3. The molecule has 2 heterocycles. The molecule has 0 bridgehead atoms. The normalized spacial score (nSPS) is 19.3. The number of hydrogen-bond donors (Lipinski definition) is 3. The molecule has 3 N–H and O–H groups in total. The Morgan fingerprint density at radius 3 is 3.17 bits per heavy atom. The summed E-state index contributed by atoms with van der Waals surface area (Å²) in [6.07, 6.45) is 3.84. The maximum atomic E-state index is 11.9. The Morgan fingerprint density at radius 1 is 1.61 bits per heavy atom. The number of halogens is 1. The zero-order chi connectivity index (χ0) is 13.0. The number of carbonyl (C=O) groups excluding carboxylic acids is 1. The van der Waals surface area contributed by atoms with Gasteiger partial charge in [-0.25, -0.2) is 4.79 Å². The van der Waals surface area contributed by atoms with E-state index in [1.54, 1.807) is 6.20 Å². The van der Waals surface area contributed by atoms with Crippen LogP contribution in [0.2, 0.25) is 0 Å². The van der Waals surface area contributed by atoms with Crippen molar-refractivity contribution in [1.82, 2.24) is 15.6 Å². The van der Waals surface area contributed by atoms with Gasteiger partial charge in [0.25, 0.3) is 0 Å². The predicted molar refractivity (Wildman–Crippen MR) is 74.7 cm³/mol. The lowest BCUT2D eigenvalue weighted by atomic mass is 10.1. The van der Waals surface area contributed by atoms with E-state index in [9.17, 15) is 4.79 Å². The van der Waals surface area contributed by atoms with E-state index in [1.807, 2.05) is 13.0 Å². The summed E-state index contributed by atoms with van der Waals surface area (Å²) in [5, 5.41) is 9.05. The number of pyridine rings is 1. The molecule has 0 saturated carbocycles. The van der Waals surface area contributed by atoms with E-state index in [2.05, 4.69) is 36.9 Å². The molecule has 1 fully saturated rings. The number of nitrogens with zero attached hydrogens (tertiary/aromatic N) is 1. The minimum atomic E-state index is -0.174. The van der Waals surface area contributed by atoms with Gasteiger partial charge in [0.2, 0.25) is 0 Å². The molecule has 1 aliphatic heterocycles. The molecule has 5 nitrogen and oxygen atoms in total. The molecule has 6 heteroatoms. The molecular weight excluding hydrogens is 296 g/mol. The number of aryl methyl sites for hydroxylation is 1. The molecule has 1 saturated heterocycles. The lowest BCUT2D eigenvalue weighted by molar-refractivity contribution is 0.245. The molecule has 2 amide bonds. The number of aromatic nitrogens is 1. The van der Waals surface area contributed by atoms with Crippen LogP contribution in [0.1, 0.15) is 18.5 Å². The summed E-state index contributed by atoms with van der Waals surface area (Å²) in [6.45, 7) is 3.74. The summed E-state index contributed by atoms with van der Waals surface area (Å²) in [4.78, 5) is 16.0. The van der Waals surface area contributed by atoms with E-state index < -0.39 is 0 Å². The fourth-order valence-electron chi connectivity index (χ4n) is 1.95. The van der Waals surface area contributed by atoms with Crippen molar-refractivity contribution in [2.45, 2.75) is 25.8 Å². The Kier molecular flexibility index (Phi) is 4.54. The third kappa shape index (κ3) is 3.68. The minimum Gasteiger partial charge on any atom is -0.334 e. The first-order chi connectivity index (χ1) is 8.65. The maximum absolute atomic E-state index is 11.9. The third-order valence-electron chi connectivity index (χ3n) is 2.93. The summed E-state index contributed by atoms with van der Waals surface area (Å²) in [5.41, 5.74) is 1.53. The van der Waals surface area contributed by atoms with Gasteiger partial charge in [0, 0.05) is 23.3 Å². The first-order valence-corrected chi connectivity index (χ1v) is 6.85. The van der Waals surface area contributed by atoms with Crippen molar-refractivity contribution in [3.8, 4) is 0 Å². The second-order valence-electron chi connectivity index (χ2n) is 4.43. The second kappa shape index (κ2) is 6.15. The zero-order valence-electron chi connectivity index (χ0n) is 10.3. The van der Waals surface area contributed by atoms with Gasteiger partial charge in [0.05, 0.1) is 11.4 Å². The standard InChI is InChI=1S/C12H17BrN4O/c1-8-11(5-9(13)6-15-8)17-12(18)16-10-3-2-4-14-7-10/h5-6,10,14H,2-4,7H2,1H3,(H2,16,17,18)/t10-/m0/s1. The van der Waals surface area contributed by atoms with Crippen molar-refractivity contribution < 1.29 is 4.79 Å². The van der Waals surface area contributed by atoms with E-state index in [0.717, 1.165) is 41.8 Å². The number of urea groups is 1. The first kappa shape index (κ1) is 13.3. The molecule has 0 aromatic carbocycles. The van der Waals surface area contributed by atoms with Gasteiger partial charge in [-0.3, -0.25) is 4.98 Å². The molecule has 0 radical (unpaired) electrons. The van der Waals surface area contributed by atoms with Crippen LogP contribution in [0.4, 0.5) is 10.5 Å². The summed E-state index contributed by atoms with van der Waals surface area (Å²) in [7, 11) is 0. The highest BCUT2D eigenvalue weighted by molar-refractivity contribution is 9.10. The molecule has 98 valence electrons. The van der Waals surface area contributed by atoms with Gasteiger partial charge >= 0.3 is 6.03 Å². The number of hydrogen-bond acceptors (Lipinski definition) is 3. The molecule has 0 aliphatic carbocycles. The van der Waals surface area contributed by atoms with Crippen molar-refractivity contribution in [3.63, 3.8) is 0 Å². The molecule has 0 unspecified atom stereocenters. The number of piperidine rings is 1. The Labute approximate surface area is 115 Å². The number of amides is 2. The molecule has 1 aromatic heterocycles. The van der Waals surface area contributed by atoms with Crippen LogP contribution in [-0.4, -0.2) is 30.1 Å². The van der Waals surface area contributed by atoms with Crippen LogP contribution in [-0.2, 0) is 0 Å². The average Bonchev–Trinajstić information content (AvgIpc) is 2.35. The van der Waals surface area contributed by atoms with Crippen LogP contribution in [0.25, 0.3) is 0 Å². The molecule has 1 aliphatic rings. The maximum Gasteiger partial charge on any atom is 0.319 e. The first-order valence-electron chi connectivity index (χ1n) is 6.05. The van der Waals surface area contributed by atoms with Crippen LogP contribution in [0.15, 0.2) is 16.7 Å². The Balaban J connectivity index is 1.92. The zero-order valence-corrected chi connectivity index (χ0v) is 11.9. The number of anilines is 1. The van der Waals surface area contributed by atoms with Crippen molar-refractivity contribution in [2.75, 3.05) is 18.4 Å². The number of carbonyl (C=O) groups is 1. The van der Waals surface area contributed by atoms with E-state index >= 15 is 0 Å². The van der Waals surface area contributed by atoms with E-state index in [-0.39, 0.29) is 12.1 Å². The number of rotatable bonds is 2. The van der Waals surface area contributed by atoms with Gasteiger partial charge in [0.1, 0.15) is 0 Å². The highest BCUT2D eigenvalue weighted by Crippen LogP contribution is 2.18. The summed E-state index contributed by atoms with van der Waals surface area (Å²) >= 11 is 3.34. The Morgan fingerprint density at radius 2 is 2.44 bits per heavy atom. The summed E-state index contributed by atoms with van der Waals surface area (Å²) in [6, 6.07) is 1.88. The van der Waals surface area contributed by atoms with Crippen molar-refractivity contribution in [3.05, 3.63) is 22.4 Å². The fraction of sp³-hybridized carbons (Fsp3) is 0.500. The monoisotopic (exact) mass is 312 g/mol. The molecule has 1 aromatic rings. The van der Waals surface area contributed by atoms with Crippen molar-refractivity contribution >= 4 is 27.6 Å². The SMILES string of the molecule is Cc1ncc(Br)cc1NC(=O)N[C@H]1CCCNC1. The Hall–Kier alpha value is -1.14. The van der Waals surface area contributed by atoms with E-state index in [4.69, 9.17) is 0 Å². The average molecular weight is 313 g/mol. The lowest BCUT2D eigenvalue weighted by Crippen LogP contribution is -2.47. The van der Waals surface area contributed by atoms with E-state index in [1.165, 1.54) is 0 Å². The van der Waals surface area contributed by atoms with Gasteiger partial charge in [-0.2, -0.15) is 0 Å². The molecule has 1 atom stereocenters. The van der Waals surface area contributed by atoms with Crippen LogP contribution in [0.5, 0.6) is 0 Å². The molecule has 18 heavy (non-hydrogen) atoms. The van der Waals surface area contributed by atoms with Crippen molar-refractivity contribution in [1.29, 1.82) is 0 Å². The smallest absolute Gasteiger partial charge is 0.319 e. The van der Waals surface area contributed by atoms with Crippen LogP contribution < -0.4 is 16.0 Å². The second-order valence-corrected chi connectivity index (χ2v) is 5.34. The highest BCUT2D eigenvalue weighted by Gasteiger charge is 2.15. The van der Waals surface area contributed by atoms with Crippen LogP contribution in [0.3, 0.4) is 0 Å². The molecule has 2 rings (SSSR count). The quantitative estimate of drug-likeness (QED) is 0.783. The molecule has 0 spiro atoms. The fourth-order valence-corrected chi connectivity index (χ4v) is 2.28. The van der Waals surface area contributed by atoms with E-state index in [0.29, 0.717) is 0 Å². The van der Waals surface area contributed by atoms with Gasteiger partial charge in [-0.15, -0.1) is 0 Å². The van der Waals surface area contributed by atoms with Gasteiger partial charge < -0.3 is 16.0 Å². The summed E-state index contributed by atoms with van der Waals surface area (Å²) in [5.74, 6) is 0. The van der Waals surface area contributed by atoms with Crippen molar-refractivity contribution in [2.24, 2.45) is 0 Å². The third-order valence-corrected chi connectivity index (χ3v) is 3.37. The largest absolute Gasteiger partial charge is 0.334 e.